The predicted molar refractivity (Wildman–Crippen MR) is 157 cm³/mol. The topological polar surface area (TPSA) is 46.7 Å². The van der Waals surface area contributed by atoms with E-state index in [-0.39, 0.29) is 0 Å². The number of aryl methyl sites for hydroxylation is 1. The largest absolute Gasteiger partial charge is 0.497 e. The van der Waals surface area contributed by atoms with Gasteiger partial charge in [0.2, 0.25) is 0 Å². The molecule has 2 unspecified atom stereocenters. The predicted octanol–water partition coefficient (Wildman–Crippen LogP) is 6.17. The zero-order valence-corrected chi connectivity index (χ0v) is 22.9. The molecule has 3 aromatic carbocycles. The molecule has 0 aliphatic carbocycles. The highest BCUT2D eigenvalue weighted by Gasteiger charge is 2.39. The molecule has 38 heavy (non-hydrogen) atoms. The zero-order chi connectivity index (χ0) is 26.1. The number of hydrogen-bond donors (Lipinski definition) is 1. The molecule has 2 fully saturated rings. The molecule has 0 spiro atoms. The van der Waals surface area contributed by atoms with Crippen LogP contribution in [0.5, 0.6) is 5.75 Å². The van der Waals surface area contributed by atoms with Crippen molar-refractivity contribution in [1.29, 1.82) is 0 Å². The standard InChI is InChI=1S/C32H37ClN4O/c1-38-28-12-8-24(9-13-28)30-22-36(16-4-15-34)32-14-7-23(17-29(30)32)18-35-20-26-10-11-27(21-35)37(26)19-25-5-2-3-6-31(25)33/h2-3,5-9,12-14,17,22,26-27H,4,10-11,15-16,18-21,34H2,1H3. The number of halogens is 1. The van der Waals surface area contributed by atoms with Crippen LogP contribution in [-0.4, -0.2) is 53.2 Å². The maximum atomic E-state index is 6.49. The Hall–Kier alpha value is -2.83. The Balaban J connectivity index is 1.23. The first-order valence-corrected chi connectivity index (χ1v) is 14.2. The van der Waals surface area contributed by atoms with Gasteiger partial charge in [-0.25, -0.2) is 0 Å². The van der Waals surface area contributed by atoms with E-state index >= 15 is 0 Å². The molecule has 2 aliphatic heterocycles. The Kier molecular flexibility index (Phi) is 7.44. The van der Waals surface area contributed by atoms with Crippen LogP contribution in [0.2, 0.25) is 5.02 Å². The summed E-state index contributed by atoms with van der Waals surface area (Å²) in [6, 6.07) is 24.9. The average molecular weight is 529 g/mol. The van der Waals surface area contributed by atoms with Gasteiger partial charge < -0.3 is 15.0 Å². The Morgan fingerprint density at radius 2 is 1.71 bits per heavy atom. The lowest BCUT2D eigenvalue weighted by Crippen LogP contribution is -2.52. The van der Waals surface area contributed by atoms with Crippen molar-refractivity contribution < 1.29 is 4.74 Å². The monoisotopic (exact) mass is 528 g/mol. The second kappa shape index (κ2) is 11.1. The number of aromatic nitrogens is 1. The number of benzene rings is 3. The van der Waals surface area contributed by atoms with Crippen LogP contribution in [0.4, 0.5) is 0 Å². The van der Waals surface area contributed by atoms with Crippen molar-refractivity contribution in [3.05, 3.63) is 89.1 Å². The highest BCUT2D eigenvalue weighted by Crippen LogP contribution is 2.35. The fourth-order valence-corrected chi connectivity index (χ4v) is 6.63. The quantitative estimate of drug-likeness (QED) is 0.282. The van der Waals surface area contributed by atoms with Crippen molar-refractivity contribution in [2.24, 2.45) is 5.73 Å². The first kappa shape index (κ1) is 25.4. The van der Waals surface area contributed by atoms with E-state index < -0.39 is 0 Å². The minimum atomic E-state index is 0.598. The van der Waals surface area contributed by atoms with Crippen LogP contribution in [0.3, 0.4) is 0 Å². The minimum absolute atomic E-state index is 0.598. The summed E-state index contributed by atoms with van der Waals surface area (Å²) < 4.78 is 7.75. The lowest BCUT2D eigenvalue weighted by molar-refractivity contribution is 0.0567. The van der Waals surface area contributed by atoms with Gasteiger partial charge in [-0.3, -0.25) is 9.80 Å². The van der Waals surface area contributed by atoms with Gasteiger partial charge in [0.15, 0.2) is 0 Å². The fraction of sp³-hybridized carbons (Fsp3) is 0.375. The summed E-state index contributed by atoms with van der Waals surface area (Å²) in [4.78, 5) is 5.35. The van der Waals surface area contributed by atoms with Crippen molar-refractivity contribution in [2.45, 2.75) is 51.0 Å². The Morgan fingerprint density at radius 3 is 2.42 bits per heavy atom. The van der Waals surface area contributed by atoms with E-state index in [0.717, 1.165) is 49.9 Å². The molecule has 6 rings (SSSR count). The lowest BCUT2D eigenvalue weighted by Gasteiger charge is -2.41. The van der Waals surface area contributed by atoms with Crippen LogP contribution in [-0.2, 0) is 19.6 Å². The third-order valence-corrected chi connectivity index (χ3v) is 8.74. The molecule has 2 atom stereocenters. The highest BCUT2D eigenvalue weighted by atomic mass is 35.5. The maximum absolute atomic E-state index is 6.49. The Bertz CT molecular complexity index is 1380. The fourth-order valence-electron chi connectivity index (χ4n) is 6.44. The Morgan fingerprint density at radius 1 is 0.947 bits per heavy atom. The number of piperazine rings is 1. The number of rotatable bonds is 9. The number of methoxy groups -OCH3 is 1. The third kappa shape index (κ3) is 5.08. The van der Waals surface area contributed by atoms with Gasteiger partial charge in [-0.05, 0) is 72.8 Å². The summed E-state index contributed by atoms with van der Waals surface area (Å²) >= 11 is 6.49. The van der Waals surface area contributed by atoms with Gasteiger partial charge in [0.25, 0.3) is 0 Å². The van der Waals surface area contributed by atoms with Gasteiger partial charge in [-0.1, -0.05) is 48.0 Å². The maximum Gasteiger partial charge on any atom is 0.118 e. The number of fused-ring (bicyclic) bond motifs is 3. The first-order valence-electron chi connectivity index (χ1n) is 13.8. The van der Waals surface area contributed by atoms with E-state index in [1.807, 2.05) is 24.3 Å². The molecule has 198 valence electrons. The van der Waals surface area contributed by atoms with Gasteiger partial charge in [0.1, 0.15) is 5.75 Å². The summed E-state index contributed by atoms with van der Waals surface area (Å²) in [7, 11) is 1.71. The highest BCUT2D eigenvalue weighted by molar-refractivity contribution is 6.31. The summed E-state index contributed by atoms with van der Waals surface area (Å²) in [5.41, 5.74) is 12.2. The number of ether oxygens (including phenoxy) is 1. The molecule has 6 heteroatoms. The van der Waals surface area contributed by atoms with E-state index in [4.69, 9.17) is 22.1 Å². The molecule has 2 aliphatic rings. The van der Waals surface area contributed by atoms with Gasteiger partial charge >= 0.3 is 0 Å². The molecule has 1 aromatic heterocycles. The van der Waals surface area contributed by atoms with E-state index in [2.05, 4.69) is 63.0 Å². The number of nitrogens with zero attached hydrogens (tertiary/aromatic N) is 3. The molecule has 0 saturated carbocycles. The van der Waals surface area contributed by atoms with Crippen LogP contribution in [0.15, 0.2) is 72.9 Å². The first-order chi connectivity index (χ1) is 18.6. The van der Waals surface area contributed by atoms with Gasteiger partial charge in [-0.15, -0.1) is 0 Å². The molecule has 2 bridgehead atoms. The Labute approximate surface area is 230 Å². The molecular weight excluding hydrogens is 492 g/mol. The van der Waals surface area contributed by atoms with Gasteiger partial charge in [0, 0.05) is 72.5 Å². The minimum Gasteiger partial charge on any atom is -0.497 e. The van der Waals surface area contributed by atoms with Crippen molar-refractivity contribution >= 4 is 22.5 Å². The molecule has 0 amide bonds. The van der Waals surface area contributed by atoms with E-state index in [1.54, 1.807) is 7.11 Å². The van der Waals surface area contributed by atoms with Crippen LogP contribution in [0.25, 0.3) is 22.0 Å². The molecule has 5 nitrogen and oxygen atoms in total. The summed E-state index contributed by atoms with van der Waals surface area (Å²) in [6.07, 6.45) is 5.81. The van der Waals surface area contributed by atoms with Crippen molar-refractivity contribution in [3.63, 3.8) is 0 Å². The number of hydrogen-bond acceptors (Lipinski definition) is 4. The smallest absolute Gasteiger partial charge is 0.118 e. The van der Waals surface area contributed by atoms with Crippen LogP contribution >= 0.6 is 11.6 Å². The molecule has 4 aromatic rings. The van der Waals surface area contributed by atoms with E-state index in [1.165, 1.54) is 46.0 Å². The molecule has 3 heterocycles. The normalized spacial score (nSPS) is 19.9. The molecule has 2 saturated heterocycles. The summed E-state index contributed by atoms with van der Waals surface area (Å²) in [5, 5.41) is 2.19. The van der Waals surface area contributed by atoms with Gasteiger partial charge in [-0.2, -0.15) is 0 Å². The zero-order valence-electron chi connectivity index (χ0n) is 22.2. The van der Waals surface area contributed by atoms with Crippen LogP contribution in [0, 0.1) is 0 Å². The second-order valence-corrected chi connectivity index (χ2v) is 11.2. The van der Waals surface area contributed by atoms with Crippen LogP contribution < -0.4 is 10.5 Å². The lowest BCUT2D eigenvalue weighted by atomic mass is 10.0. The third-order valence-electron chi connectivity index (χ3n) is 8.38. The van der Waals surface area contributed by atoms with Crippen molar-refractivity contribution in [3.8, 4) is 16.9 Å². The summed E-state index contributed by atoms with van der Waals surface area (Å²) in [5.74, 6) is 0.879. The summed E-state index contributed by atoms with van der Waals surface area (Å²) in [6.45, 7) is 5.79. The van der Waals surface area contributed by atoms with Crippen molar-refractivity contribution in [2.75, 3.05) is 26.7 Å². The molecule has 2 N–H and O–H groups in total. The second-order valence-electron chi connectivity index (χ2n) is 10.8. The molecule has 0 radical (unpaired) electrons. The average Bonchev–Trinajstić information content (AvgIpc) is 3.41. The van der Waals surface area contributed by atoms with Gasteiger partial charge in [0.05, 0.1) is 7.11 Å². The van der Waals surface area contributed by atoms with Crippen molar-refractivity contribution in [1.82, 2.24) is 14.4 Å². The van der Waals surface area contributed by atoms with E-state index in [0.29, 0.717) is 18.6 Å². The number of likely N-dealkylation sites (tertiary alicyclic amines) is 1. The number of nitrogens with two attached hydrogens (primary N) is 1. The molecular formula is C32H37ClN4O. The van der Waals surface area contributed by atoms with Crippen LogP contribution in [0.1, 0.15) is 30.4 Å². The SMILES string of the molecule is COc1ccc(-c2cn(CCCN)c3ccc(CN4CC5CCC(C4)N5Cc4ccccc4Cl)cc23)cc1. The van der Waals surface area contributed by atoms with E-state index in [9.17, 15) is 0 Å².